The fourth-order valence-electron chi connectivity index (χ4n) is 1.41. The van der Waals surface area contributed by atoms with Crippen LogP contribution in [-0.2, 0) is 4.79 Å². The fourth-order valence-corrected chi connectivity index (χ4v) is 2.08. The van der Waals surface area contributed by atoms with E-state index in [-0.39, 0.29) is 5.25 Å². The van der Waals surface area contributed by atoms with E-state index < -0.39 is 0 Å². The first-order chi connectivity index (χ1) is 5.16. The molecule has 0 bridgehead atoms. The number of nitrogens with zero attached hydrogens (tertiary/aromatic N) is 1. The first-order valence-corrected chi connectivity index (χ1v) is 5.29. The lowest BCUT2D eigenvalue weighted by Gasteiger charge is -2.20. The van der Waals surface area contributed by atoms with E-state index in [1.54, 1.807) is 11.8 Å². The Kier molecular flexibility index (Phi) is 2.82. The lowest BCUT2D eigenvalue weighted by Crippen LogP contribution is -2.34. The molecule has 1 aliphatic heterocycles. The second kappa shape index (κ2) is 3.48. The Bertz CT molecular complexity index is 158. The Labute approximate surface area is 72.3 Å². The van der Waals surface area contributed by atoms with Crippen LogP contribution < -0.4 is 0 Å². The molecule has 0 saturated carbocycles. The minimum atomic E-state index is 0.234. The van der Waals surface area contributed by atoms with E-state index in [2.05, 4.69) is 13.8 Å². The number of likely N-dealkylation sites (tertiary alicyclic amines) is 1. The van der Waals surface area contributed by atoms with E-state index >= 15 is 0 Å². The third-order valence-electron chi connectivity index (χ3n) is 2.10. The van der Waals surface area contributed by atoms with Gasteiger partial charge in [0.15, 0.2) is 0 Å². The normalized spacial score (nSPS) is 25.3. The SMILES string of the molecule is CSC1CCN(C(C)C)C1=O. The van der Waals surface area contributed by atoms with Crippen molar-refractivity contribution in [3.63, 3.8) is 0 Å². The van der Waals surface area contributed by atoms with Gasteiger partial charge in [-0.1, -0.05) is 0 Å². The van der Waals surface area contributed by atoms with Crippen molar-refractivity contribution in [1.29, 1.82) is 0 Å². The van der Waals surface area contributed by atoms with Gasteiger partial charge < -0.3 is 4.90 Å². The summed E-state index contributed by atoms with van der Waals surface area (Å²) in [5, 5.41) is 0.234. The molecule has 0 aliphatic carbocycles. The van der Waals surface area contributed by atoms with Crippen molar-refractivity contribution in [2.45, 2.75) is 31.6 Å². The van der Waals surface area contributed by atoms with E-state index in [9.17, 15) is 4.79 Å². The maximum absolute atomic E-state index is 11.5. The molecule has 2 nitrogen and oxygen atoms in total. The largest absolute Gasteiger partial charge is 0.339 e. The van der Waals surface area contributed by atoms with Crippen molar-refractivity contribution >= 4 is 17.7 Å². The van der Waals surface area contributed by atoms with Crippen molar-refractivity contribution in [2.75, 3.05) is 12.8 Å². The zero-order valence-electron chi connectivity index (χ0n) is 7.33. The third-order valence-corrected chi connectivity index (χ3v) is 3.10. The molecule has 0 N–H and O–H groups in total. The molecular formula is C8H15NOS. The van der Waals surface area contributed by atoms with E-state index in [0.29, 0.717) is 11.9 Å². The molecule has 1 aliphatic rings. The average molecular weight is 173 g/mol. The van der Waals surface area contributed by atoms with Gasteiger partial charge in [-0.15, -0.1) is 0 Å². The number of amides is 1. The van der Waals surface area contributed by atoms with Crippen LogP contribution >= 0.6 is 11.8 Å². The molecule has 0 aromatic carbocycles. The predicted octanol–water partition coefficient (Wildman–Crippen LogP) is 1.36. The standard InChI is InChI=1S/C8H15NOS/c1-6(2)9-5-4-7(11-3)8(9)10/h6-7H,4-5H2,1-3H3. The molecule has 3 heteroatoms. The molecule has 0 radical (unpaired) electrons. The molecule has 1 fully saturated rings. The molecule has 1 saturated heterocycles. The molecule has 64 valence electrons. The summed E-state index contributed by atoms with van der Waals surface area (Å²) < 4.78 is 0. The number of thioether (sulfide) groups is 1. The molecular weight excluding hydrogens is 158 g/mol. The summed E-state index contributed by atoms with van der Waals surface area (Å²) in [7, 11) is 0. The van der Waals surface area contributed by atoms with Crippen LogP contribution in [-0.4, -0.2) is 34.9 Å². The maximum Gasteiger partial charge on any atom is 0.235 e. The number of hydrogen-bond donors (Lipinski definition) is 0. The Balaban J connectivity index is 2.56. The molecule has 1 amide bonds. The van der Waals surface area contributed by atoms with Gasteiger partial charge in [-0.05, 0) is 26.5 Å². The predicted molar refractivity (Wildman–Crippen MR) is 48.8 cm³/mol. The Morgan fingerprint density at radius 2 is 2.27 bits per heavy atom. The van der Waals surface area contributed by atoms with E-state index in [0.717, 1.165) is 13.0 Å². The topological polar surface area (TPSA) is 20.3 Å². The van der Waals surface area contributed by atoms with Gasteiger partial charge in [-0.3, -0.25) is 4.79 Å². The molecule has 1 rings (SSSR count). The lowest BCUT2D eigenvalue weighted by molar-refractivity contribution is -0.128. The van der Waals surface area contributed by atoms with Gasteiger partial charge in [-0.25, -0.2) is 0 Å². The zero-order chi connectivity index (χ0) is 8.43. The van der Waals surface area contributed by atoms with Gasteiger partial charge in [0.2, 0.25) is 5.91 Å². The average Bonchev–Trinajstić information content (AvgIpc) is 2.30. The highest BCUT2D eigenvalue weighted by Crippen LogP contribution is 2.23. The highest BCUT2D eigenvalue weighted by Gasteiger charge is 2.31. The molecule has 0 aromatic rings. The smallest absolute Gasteiger partial charge is 0.235 e. The highest BCUT2D eigenvalue weighted by molar-refractivity contribution is 7.99. The summed E-state index contributed by atoms with van der Waals surface area (Å²) in [5.74, 6) is 0.326. The summed E-state index contributed by atoms with van der Waals surface area (Å²) in [6.07, 6.45) is 3.03. The van der Waals surface area contributed by atoms with E-state index in [4.69, 9.17) is 0 Å². The fraction of sp³-hybridized carbons (Fsp3) is 0.875. The maximum atomic E-state index is 11.5. The van der Waals surface area contributed by atoms with Crippen LogP contribution in [0.2, 0.25) is 0 Å². The summed E-state index contributed by atoms with van der Waals surface area (Å²) in [4.78, 5) is 13.4. The van der Waals surface area contributed by atoms with Crippen LogP contribution in [0.5, 0.6) is 0 Å². The first kappa shape index (κ1) is 8.91. The number of carbonyl (C=O) groups excluding carboxylic acids is 1. The molecule has 1 heterocycles. The van der Waals surface area contributed by atoms with Gasteiger partial charge in [0.1, 0.15) is 0 Å². The summed E-state index contributed by atoms with van der Waals surface area (Å²) in [6.45, 7) is 5.09. The van der Waals surface area contributed by atoms with Crippen LogP contribution in [0, 0.1) is 0 Å². The quantitative estimate of drug-likeness (QED) is 0.628. The van der Waals surface area contributed by atoms with Crippen molar-refractivity contribution < 1.29 is 4.79 Å². The van der Waals surface area contributed by atoms with Gasteiger partial charge in [0.05, 0.1) is 5.25 Å². The van der Waals surface area contributed by atoms with Gasteiger partial charge in [-0.2, -0.15) is 11.8 Å². The van der Waals surface area contributed by atoms with Crippen molar-refractivity contribution in [2.24, 2.45) is 0 Å². The number of hydrogen-bond acceptors (Lipinski definition) is 2. The van der Waals surface area contributed by atoms with Crippen LogP contribution in [0.4, 0.5) is 0 Å². The van der Waals surface area contributed by atoms with Crippen LogP contribution in [0.1, 0.15) is 20.3 Å². The van der Waals surface area contributed by atoms with Crippen molar-refractivity contribution in [1.82, 2.24) is 4.90 Å². The molecule has 1 unspecified atom stereocenters. The summed E-state index contributed by atoms with van der Waals surface area (Å²) in [5.41, 5.74) is 0. The summed E-state index contributed by atoms with van der Waals surface area (Å²) in [6, 6.07) is 0.375. The second-order valence-corrected chi connectivity index (χ2v) is 4.18. The molecule has 11 heavy (non-hydrogen) atoms. The number of rotatable bonds is 2. The summed E-state index contributed by atoms with van der Waals surface area (Å²) >= 11 is 1.67. The van der Waals surface area contributed by atoms with Gasteiger partial charge in [0.25, 0.3) is 0 Å². The van der Waals surface area contributed by atoms with E-state index in [1.165, 1.54) is 0 Å². The lowest BCUT2D eigenvalue weighted by atomic mass is 10.3. The van der Waals surface area contributed by atoms with Crippen molar-refractivity contribution in [3.8, 4) is 0 Å². The minimum Gasteiger partial charge on any atom is -0.339 e. The molecule has 0 aromatic heterocycles. The van der Waals surface area contributed by atoms with Crippen LogP contribution in [0.25, 0.3) is 0 Å². The van der Waals surface area contributed by atoms with Crippen LogP contribution in [0.3, 0.4) is 0 Å². The zero-order valence-corrected chi connectivity index (χ0v) is 8.15. The second-order valence-electron chi connectivity index (χ2n) is 3.14. The first-order valence-electron chi connectivity index (χ1n) is 4.00. The third kappa shape index (κ3) is 1.70. The van der Waals surface area contributed by atoms with E-state index in [1.807, 2.05) is 11.2 Å². The van der Waals surface area contributed by atoms with Gasteiger partial charge in [0, 0.05) is 12.6 Å². The Morgan fingerprint density at radius 3 is 2.55 bits per heavy atom. The monoisotopic (exact) mass is 173 g/mol. The Morgan fingerprint density at radius 1 is 1.64 bits per heavy atom. The molecule has 1 atom stereocenters. The molecule has 0 spiro atoms. The van der Waals surface area contributed by atoms with Crippen LogP contribution in [0.15, 0.2) is 0 Å². The minimum absolute atomic E-state index is 0.234. The van der Waals surface area contributed by atoms with Gasteiger partial charge >= 0.3 is 0 Å². The Hall–Kier alpha value is -0.180. The highest BCUT2D eigenvalue weighted by atomic mass is 32.2. The number of carbonyl (C=O) groups is 1. The van der Waals surface area contributed by atoms with Crippen molar-refractivity contribution in [3.05, 3.63) is 0 Å².